The maximum Gasteiger partial charge on any atom is 0.0551 e. The molecule has 1 aromatic rings. The molecular formula is C12H21N3O. The second kappa shape index (κ2) is 4.97. The van der Waals surface area contributed by atoms with Gasteiger partial charge < -0.3 is 10.1 Å². The van der Waals surface area contributed by atoms with E-state index in [1.807, 2.05) is 17.9 Å². The van der Waals surface area contributed by atoms with E-state index in [4.69, 9.17) is 4.74 Å². The van der Waals surface area contributed by atoms with E-state index >= 15 is 0 Å². The Morgan fingerprint density at radius 3 is 3.00 bits per heavy atom. The summed E-state index contributed by atoms with van der Waals surface area (Å²) in [5.41, 5.74) is 1.27. The highest BCUT2D eigenvalue weighted by molar-refractivity contribution is 5.12. The van der Waals surface area contributed by atoms with Crippen molar-refractivity contribution in [3.63, 3.8) is 0 Å². The van der Waals surface area contributed by atoms with Gasteiger partial charge in [-0.2, -0.15) is 5.10 Å². The lowest BCUT2D eigenvalue weighted by Crippen LogP contribution is -2.28. The maximum atomic E-state index is 5.65. The molecule has 4 heteroatoms. The van der Waals surface area contributed by atoms with Crippen LogP contribution in [0.25, 0.3) is 0 Å². The summed E-state index contributed by atoms with van der Waals surface area (Å²) in [5, 5.41) is 7.79. The van der Waals surface area contributed by atoms with E-state index in [1.54, 1.807) is 0 Å². The van der Waals surface area contributed by atoms with E-state index in [0.717, 1.165) is 19.6 Å². The highest BCUT2D eigenvalue weighted by atomic mass is 16.5. The molecule has 90 valence electrons. The number of hydrogen-bond acceptors (Lipinski definition) is 3. The van der Waals surface area contributed by atoms with Crippen LogP contribution in [0.15, 0.2) is 12.4 Å². The minimum absolute atomic E-state index is 0.378. The molecule has 1 N–H and O–H groups in total. The molecule has 0 aromatic carbocycles. The summed E-state index contributed by atoms with van der Waals surface area (Å²) in [4.78, 5) is 0. The molecule has 3 unspecified atom stereocenters. The van der Waals surface area contributed by atoms with Gasteiger partial charge in [-0.25, -0.2) is 0 Å². The predicted molar refractivity (Wildman–Crippen MR) is 63.1 cm³/mol. The van der Waals surface area contributed by atoms with Crippen LogP contribution in [0.3, 0.4) is 0 Å². The van der Waals surface area contributed by atoms with Gasteiger partial charge in [0.25, 0.3) is 0 Å². The van der Waals surface area contributed by atoms with Gasteiger partial charge >= 0.3 is 0 Å². The van der Waals surface area contributed by atoms with Gasteiger partial charge in [0, 0.05) is 30.8 Å². The molecule has 1 aromatic heterocycles. The number of aromatic nitrogens is 2. The molecule has 0 amide bonds. The SMILES string of the molecule is CCNC(c1cnn(C)c1)C1COC(C)C1. The summed E-state index contributed by atoms with van der Waals surface area (Å²) in [5.74, 6) is 0.569. The topological polar surface area (TPSA) is 39.1 Å². The van der Waals surface area contributed by atoms with Crippen LogP contribution >= 0.6 is 0 Å². The van der Waals surface area contributed by atoms with E-state index < -0.39 is 0 Å². The fraction of sp³-hybridized carbons (Fsp3) is 0.750. The number of nitrogens with one attached hydrogen (secondary N) is 1. The Hall–Kier alpha value is -0.870. The summed E-state index contributed by atoms with van der Waals surface area (Å²) in [6.45, 7) is 6.12. The number of aryl methyl sites for hydroxylation is 1. The standard InChI is InChI=1S/C12H21N3O/c1-4-13-12(10-5-9(2)16-8-10)11-6-14-15(3)7-11/h6-7,9-10,12-13H,4-5,8H2,1-3H3. The van der Waals surface area contributed by atoms with Crippen molar-refractivity contribution in [1.29, 1.82) is 0 Å². The molecule has 16 heavy (non-hydrogen) atoms. The van der Waals surface area contributed by atoms with Gasteiger partial charge in [0.2, 0.25) is 0 Å². The van der Waals surface area contributed by atoms with Crippen molar-refractivity contribution in [2.45, 2.75) is 32.4 Å². The fourth-order valence-electron chi connectivity index (χ4n) is 2.46. The van der Waals surface area contributed by atoms with Gasteiger partial charge in [-0.1, -0.05) is 6.92 Å². The first kappa shape index (κ1) is 11.6. The third kappa shape index (κ3) is 2.44. The monoisotopic (exact) mass is 223 g/mol. The van der Waals surface area contributed by atoms with Crippen LogP contribution in [0.5, 0.6) is 0 Å². The van der Waals surface area contributed by atoms with Gasteiger partial charge in [-0.3, -0.25) is 4.68 Å². The zero-order valence-corrected chi connectivity index (χ0v) is 10.3. The third-order valence-electron chi connectivity index (χ3n) is 3.21. The average molecular weight is 223 g/mol. The first-order valence-corrected chi connectivity index (χ1v) is 6.04. The summed E-state index contributed by atoms with van der Waals surface area (Å²) < 4.78 is 7.51. The minimum atomic E-state index is 0.378. The summed E-state index contributed by atoms with van der Waals surface area (Å²) in [6, 6.07) is 0.378. The quantitative estimate of drug-likeness (QED) is 0.840. The molecule has 1 aliphatic heterocycles. The summed E-state index contributed by atoms with van der Waals surface area (Å²) >= 11 is 0. The molecule has 0 spiro atoms. The highest BCUT2D eigenvalue weighted by Crippen LogP contribution is 2.31. The Morgan fingerprint density at radius 1 is 1.69 bits per heavy atom. The molecule has 0 saturated carbocycles. The van der Waals surface area contributed by atoms with E-state index in [-0.39, 0.29) is 0 Å². The Bertz CT molecular complexity index is 337. The van der Waals surface area contributed by atoms with Crippen LogP contribution in [-0.2, 0) is 11.8 Å². The Morgan fingerprint density at radius 2 is 2.50 bits per heavy atom. The predicted octanol–water partition coefficient (Wildman–Crippen LogP) is 1.50. The fourth-order valence-corrected chi connectivity index (χ4v) is 2.46. The van der Waals surface area contributed by atoms with E-state index in [0.29, 0.717) is 18.1 Å². The van der Waals surface area contributed by atoms with Crippen LogP contribution in [0.4, 0.5) is 0 Å². The van der Waals surface area contributed by atoms with Crippen LogP contribution in [0, 0.1) is 5.92 Å². The maximum absolute atomic E-state index is 5.65. The van der Waals surface area contributed by atoms with Crippen molar-refractivity contribution in [3.8, 4) is 0 Å². The lowest BCUT2D eigenvalue weighted by molar-refractivity contribution is 0.117. The number of hydrogen-bond donors (Lipinski definition) is 1. The molecule has 3 atom stereocenters. The number of nitrogens with zero attached hydrogens (tertiary/aromatic N) is 2. The zero-order valence-electron chi connectivity index (χ0n) is 10.3. The van der Waals surface area contributed by atoms with Crippen molar-refractivity contribution in [2.75, 3.05) is 13.2 Å². The lowest BCUT2D eigenvalue weighted by atomic mass is 9.93. The van der Waals surface area contributed by atoms with Gasteiger partial charge in [0.15, 0.2) is 0 Å². The van der Waals surface area contributed by atoms with Crippen molar-refractivity contribution in [1.82, 2.24) is 15.1 Å². The van der Waals surface area contributed by atoms with Crippen molar-refractivity contribution in [2.24, 2.45) is 13.0 Å². The third-order valence-corrected chi connectivity index (χ3v) is 3.21. The molecule has 2 rings (SSSR count). The molecule has 1 fully saturated rings. The molecule has 0 radical (unpaired) electrons. The van der Waals surface area contributed by atoms with Crippen LogP contribution < -0.4 is 5.32 Å². The first-order chi connectivity index (χ1) is 7.70. The van der Waals surface area contributed by atoms with Crippen molar-refractivity contribution >= 4 is 0 Å². The van der Waals surface area contributed by atoms with Gasteiger partial charge in [-0.05, 0) is 19.9 Å². The van der Waals surface area contributed by atoms with Crippen molar-refractivity contribution < 1.29 is 4.74 Å². The van der Waals surface area contributed by atoms with E-state index in [2.05, 4.69) is 30.5 Å². The van der Waals surface area contributed by atoms with Crippen LogP contribution in [-0.4, -0.2) is 29.0 Å². The van der Waals surface area contributed by atoms with E-state index in [9.17, 15) is 0 Å². The minimum Gasteiger partial charge on any atom is -0.378 e. The zero-order chi connectivity index (χ0) is 11.5. The molecule has 4 nitrogen and oxygen atoms in total. The molecule has 0 bridgehead atoms. The molecule has 1 aliphatic rings. The second-order valence-corrected chi connectivity index (χ2v) is 4.62. The number of ether oxygens (including phenoxy) is 1. The first-order valence-electron chi connectivity index (χ1n) is 6.04. The Labute approximate surface area is 97.0 Å². The summed E-state index contributed by atoms with van der Waals surface area (Å²) in [6.07, 6.45) is 5.57. The Balaban J connectivity index is 2.10. The summed E-state index contributed by atoms with van der Waals surface area (Å²) in [7, 11) is 1.96. The smallest absolute Gasteiger partial charge is 0.0551 e. The Kier molecular flexibility index (Phi) is 3.61. The van der Waals surface area contributed by atoms with Gasteiger partial charge in [-0.15, -0.1) is 0 Å². The molecule has 0 aliphatic carbocycles. The van der Waals surface area contributed by atoms with E-state index in [1.165, 1.54) is 5.56 Å². The number of rotatable bonds is 4. The average Bonchev–Trinajstić information content (AvgIpc) is 2.84. The highest BCUT2D eigenvalue weighted by Gasteiger charge is 2.30. The van der Waals surface area contributed by atoms with Crippen LogP contribution in [0.1, 0.15) is 31.9 Å². The molecule has 1 saturated heterocycles. The second-order valence-electron chi connectivity index (χ2n) is 4.62. The molecule has 2 heterocycles. The lowest BCUT2D eigenvalue weighted by Gasteiger charge is -2.22. The largest absolute Gasteiger partial charge is 0.378 e. The normalized spacial score (nSPS) is 27.2. The van der Waals surface area contributed by atoms with Gasteiger partial charge in [0.05, 0.1) is 18.9 Å². The van der Waals surface area contributed by atoms with Gasteiger partial charge in [0.1, 0.15) is 0 Å². The van der Waals surface area contributed by atoms with Crippen molar-refractivity contribution in [3.05, 3.63) is 18.0 Å². The molecular weight excluding hydrogens is 202 g/mol. The van der Waals surface area contributed by atoms with Crippen LogP contribution in [0.2, 0.25) is 0 Å².